The van der Waals surface area contributed by atoms with Gasteiger partial charge < -0.3 is 10.7 Å². The van der Waals surface area contributed by atoms with Crippen molar-refractivity contribution in [3.8, 4) is 0 Å². The van der Waals surface area contributed by atoms with Gasteiger partial charge >= 0.3 is 0 Å². The number of nitrogens with one attached hydrogen (secondary N) is 2. The van der Waals surface area contributed by atoms with Crippen LogP contribution in [0.25, 0.3) is 0 Å². The molecule has 0 atom stereocenters. The van der Waals surface area contributed by atoms with Gasteiger partial charge in [-0.05, 0) is 12.1 Å². The van der Waals surface area contributed by atoms with Crippen molar-refractivity contribution in [1.29, 1.82) is 5.41 Å². The summed E-state index contributed by atoms with van der Waals surface area (Å²) >= 11 is 0. The molecule has 3 heteroatoms. The van der Waals surface area contributed by atoms with Crippen LogP contribution in [0.1, 0.15) is 5.69 Å². The summed E-state index contributed by atoms with van der Waals surface area (Å²) in [6, 6.07) is 3.55. The molecule has 8 heavy (non-hydrogen) atoms. The molecule has 0 aromatic carbocycles. The molecule has 3 nitrogen and oxygen atoms in total. The van der Waals surface area contributed by atoms with Gasteiger partial charge in [-0.25, -0.2) is 0 Å². The Kier molecular flexibility index (Phi) is 1.04. The van der Waals surface area contributed by atoms with Gasteiger partial charge in [0.15, 0.2) is 0 Å². The summed E-state index contributed by atoms with van der Waals surface area (Å²) in [5.74, 6) is 0.0787. The summed E-state index contributed by atoms with van der Waals surface area (Å²) in [6.07, 6.45) is 1.73. The van der Waals surface area contributed by atoms with Crippen molar-refractivity contribution >= 4 is 5.84 Å². The molecule has 0 fully saturated rings. The zero-order valence-corrected chi connectivity index (χ0v) is 4.31. The average molecular weight is 109 g/mol. The minimum absolute atomic E-state index is 0.0787. The molecule has 1 aromatic heterocycles. The van der Waals surface area contributed by atoms with E-state index in [-0.39, 0.29) is 5.84 Å². The van der Waals surface area contributed by atoms with E-state index in [4.69, 9.17) is 11.1 Å². The first-order chi connectivity index (χ1) is 3.80. The fourth-order valence-corrected chi connectivity index (χ4v) is 0.498. The molecule has 0 saturated heterocycles. The number of H-pyrrole nitrogens is 1. The third-order valence-corrected chi connectivity index (χ3v) is 0.888. The van der Waals surface area contributed by atoms with Crippen LogP contribution in [-0.4, -0.2) is 10.8 Å². The molecule has 0 aliphatic rings. The molecule has 1 aromatic rings. The molecule has 0 aliphatic heterocycles. The van der Waals surface area contributed by atoms with Gasteiger partial charge in [-0.3, -0.25) is 5.41 Å². The Bertz CT molecular complexity index is 176. The maximum absolute atomic E-state index is 6.90. The van der Waals surface area contributed by atoms with Crippen molar-refractivity contribution in [3.05, 3.63) is 24.0 Å². The molecular formula is C5H7N3. The van der Waals surface area contributed by atoms with Crippen molar-refractivity contribution in [2.24, 2.45) is 5.73 Å². The molecular weight excluding hydrogens is 102 g/mol. The summed E-state index contributed by atoms with van der Waals surface area (Å²) < 4.78 is 0. The lowest BCUT2D eigenvalue weighted by molar-refractivity contribution is 1.31. The fraction of sp³-hybridized carbons (Fsp3) is 0. The average Bonchev–Trinajstić information content (AvgIpc) is 2.12. The number of hydrogen-bond donors (Lipinski definition) is 3. The van der Waals surface area contributed by atoms with Crippen LogP contribution in [0.2, 0.25) is 0 Å². The number of aromatic amines is 1. The van der Waals surface area contributed by atoms with Gasteiger partial charge in [0.05, 0.1) is 5.69 Å². The van der Waals surface area contributed by atoms with E-state index >= 15 is 0 Å². The largest absolute Gasteiger partial charge is 0.382 e. The van der Waals surface area contributed by atoms with Crippen molar-refractivity contribution in [3.63, 3.8) is 0 Å². The summed E-state index contributed by atoms with van der Waals surface area (Å²) in [5, 5.41) is 6.90. The van der Waals surface area contributed by atoms with Crippen LogP contribution in [0.4, 0.5) is 0 Å². The van der Waals surface area contributed by atoms with Crippen LogP contribution in [0.3, 0.4) is 0 Å². The summed E-state index contributed by atoms with van der Waals surface area (Å²) in [7, 11) is 0. The van der Waals surface area contributed by atoms with Gasteiger partial charge in [-0.2, -0.15) is 0 Å². The Hall–Kier alpha value is -1.25. The molecule has 42 valence electrons. The number of nitrogen functional groups attached to an aromatic ring is 1. The maximum Gasteiger partial charge on any atom is 0.139 e. The third kappa shape index (κ3) is 0.703. The Balaban J connectivity index is 2.93. The van der Waals surface area contributed by atoms with E-state index in [9.17, 15) is 0 Å². The molecule has 1 heterocycles. The molecule has 4 N–H and O–H groups in total. The van der Waals surface area contributed by atoms with Crippen molar-refractivity contribution in [1.82, 2.24) is 4.98 Å². The van der Waals surface area contributed by atoms with E-state index in [1.807, 2.05) is 0 Å². The molecule has 0 radical (unpaired) electrons. The molecule has 0 spiro atoms. The van der Waals surface area contributed by atoms with E-state index in [1.165, 1.54) is 0 Å². The predicted molar refractivity (Wildman–Crippen MR) is 31.8 cm³/mol. The van der Waals surface area contributed by atoms with E-state index < -0.39 is 0 Å². The predicted octanol–water partition coefficient (Wildman–Crippen LogP) is 0.299. The quantitative estimate of drug-likeness (QED) is 0.352. The maximum atomic E-state index is 6.90. The first kappa shape index (κ1) is 4.90. The molecule has 0 saturated carbocycles. The number of nitrogens with two attached hydrogens (primary N) is 1. The normalized spacial score (nSPS) is 9.00. The van der Waals surface area contributed by atoms with E-state index in [0.29, 0.717) is 5.69 Å². The van der Waals surface area contributed by atoms with E-state index in [0.717, 1.165) is 0 Å². The number of hydrogen-bond acceptors (Lipinski definition) is 1. The van der Waals surface area contributed by atoms with Crippen molar-refractivity contribution in [2.75, 3.05) is 0 Å². The number of amidine groups is 1. The third-order valence-electron chi connectivity index (χ3n) is 0.888. The van der Waals surface area contributed by atoms with E-state index in [1.54, 1.807) is 18.3 Å². The molecule has 0 amide bonds. The highest BCUT2D eigenvalue weighted by atomic mass is 14.8. The topological polar surface area (TPSA) is 65.7 Å². The first-order valence-corrected chi connectivity index (χ1v) is 2.28. The van der Waals surface area contributed by atoms with Crippen molar-refractivity contribution < 1.29 is 0 Å². The molecule has 1 rings (SSSR count). The zero-order chi connectivity index (χ0) is 5.98. The number of aromatic nitrogens is 1. The molecule has 0 aliphatic carbocycles. The monoisotopic (exact) mass is 109 g/mol. The summed E-state index contributed by atoms with van der Waals surface area (Å²) in [6.45, 7) is 0. The molecule has 0 bridgehead atoms. The van der Waals surface area contributed by atoms with Crippen LogP contribution in [-0.2, 0) is 0 Å². The minimum atomic E-state index is 0.0787. The lowest BCUT2D eigenvalue weighted by Crippen LogP contribution is -2.10. The van der Waals surface area contributed by atoms with Gasteiger partial charge in [0.25, 0.3) is 0 Å². The summed E-state index contributed by atoms with van der Waals surface area (Å²) in [4.78, 5) is 2.79. The van der Waals surface area contributed by atoms with Gasteiger partial charge in [-0.1, -0.05) is 0 Å². The van der Waals surface area contributed by atoms with Crippen LogP contribution in [0, 0.1) is 5.41 Å². The lowest BCUT2D eigenvalue weighted by atomic mass is 10.4. The summed E-state index contributed by atoms with van der Waals surface area (Å²) in [5.41, 5.74) is 5.78. The highest BCUT2D eigenvalue weighted by Gasteiger charge is 1.90. The second kappa shape index (κ2) is 1.69. The van der Waals surface area contributed by atoms with Crippen LogP contribution >= 0.6 is 0 Å². The Morgan fingerprint density at radius 3 is 2.75 bits per heavy atom. The number of rotatable bonds is 1. The highest BCUT2D eigenvalue weighted by Crippen LogP contribution is 1.89. The lowest BCUT2D eigenvalue weighted by Gasteiger charge is -1.86. The van der Waals surface area contributed by atoms with Crippen molar-refractivity contribution in [2.45, 2.75) is 0 Å². The first-order valence-electron chi connectivity index (χ1n) is 2.28. The molecule has 0 unspecified atom stereocenters. The van der Waals surface area contributed by atoms with Gasteiger partial charge in [0.1, 0.15) is 5.84 Å². The zero-order valence-electron chi connectivity index (χ0n) is 4.31. The van der Waals surface area contributed by atoms with E-state index in [2.05, 4.69) is 4.98 Å². The SMILES string of the molecule is N=C(N)c1ccc[nH]1. The second-order valence-corrected chi connectivity index (χ2v) is 1.50. The fourth-order valence-electron chi connectivity index (χ4n) is 0.498. The van der Waals surface area contributed by atoms with Crippen LogP contribution < -0.4 is 5.73 Å². The van der Waals surface area contributed by atoms with Gasteiger partial charge in [0.2, 0.25) is 0 Å². The standard InChI is InChI=1S/C5H7N3/c6-5(7)4-2-1-3-8-4/h1-3,8H,(H3,6,7). The van der Waals surface area contributed by atoms with Gasteiger partial charge in [-0.15, -0.1) is 0 Å². The minimum Gasteiger partial charge on any atom is -0.382 e. The second-order valence-electron chi connectivity index (χ2n) is 1.50. The smallest absolute Gasteiger partial charge is 0.139 e. The van der Waals surface area contributed by atoms with Gasteiger partial charge in [0, 0.05) is 6.20 Å². The Morgan fingerprint density at radius 2 is 2.50 bits per heavy atom. The Labute approximate surface area is 47.0 Å². The Morgan fingerprint density at radius 1 is 1.75 bits per heavy atom. The van der Waals surface area contributed by atoms with Crippen LogP contribution in [0.15, 0.2) is 18.3 Å². The van der Waals surface area contributed by atoms with Crippen LogP contribution in [0.5, 0.6) is 0 Å². The highest BCUT2D eigenvalue weighted by molar-refractivity contribution is 5.92.